The minimum absolute atomic E-state index is 0.0614. The molecule has 0 aliphatic carbocycles. The number of nitrogens with one attached hydrogen (secondary N) is 1. The molecule has 4 heteroatoms. The fourth-order valence-corrected chi connectivity index (χ4v) is 1.88. The van der Waals surface area contributed by atoms with Gasteiger partial charge in [0.05, 0.1) is 13.7 Å². The van der Waals surface area contributed by atoms with Crippen molar-refractivity contribution in [3.63, 3.8) is 0 Å². The van der Waals surface area contributed by atoms with Gasteiger partial charge in [-0.3, -0.25) is 0 Å². The van der Waals surface area contributed by atoms with Crippen LogP contribution in [0.2, 0.25) is 0 Å². The van der Waals surface area contributed by atoms with Crippen molar-refractivity contribution < 1.29 is 14.6 Å². The Labute approximate surface area is 109 Å². The van der Waals surface area contributed by atoms with Crippen molar-refractivity contribution >= 4 is 0 Å². The van der Waals surface area contributed by atoms with E-state index in [9.17, 15) is 5.11 Å². The van der Waals surface area contributed by atoms with Crippen molar-refractivity contribution in [2.24, 2.45) is 0 Å². The summed E-state index contributed by atoms with van der Waals surface area (Å²) >= 11 is 0. The van der Waals surface area contributed by atoms with Gasteiger partial charge in [-0.2, -0.15) is 0 Å². The Morgan fingerprint density at radius 2 is 2.06 bits per heavy atom. The number of aromatic hydroxyl groups is 1. The fourth-order valence-electron chi connectivity index (χ4n) is 1.88. The molecule has 1 aromatic carbocycles. The molecule has 2 unspecified atom stereocenters. The van der Waals surface area contributed by atoms with Crippen LogP contribution in [0, 0.1) is 0 Å². The van der Waals surface area contributed by atoms with Crippen LogP contribution >= 0.6 is 0 Å². The van der Waals surface area contributed by atoms with Crippen molar-refractivity contribution in [3.8, 4) is 11.5 Å². The SMILES string of the molecule is CCOCC(C)NC(C)c1ccc(OC)cc1O. The average Bonchev–Trinajstić information content (AvgIpc) is 2.35. The molecule has 2 N–H and O–H groups in total. The highest BCUT2D eigenvalue weighted by Gasteiger charge is 2.13. The van der Waals surface area contributed by atoms with Crippen LogP contribution in [0.5, 0.6) is 11.5 Å². The van der Waals surface area contributed by atoms with Gasteiger partial charge in [0.15, 0.2) is 0 Å². The van der Waals surface area contributed by atoms with E-state index in [1.165, 1.54) is 0 Å². The molecule has 0 saturated carbocycles. The molecule has 0 radical (unpaired) electrons. The quantitative estimate of drug-likeness (QED) is 0.784. The lowest BCUT2D eigenvalue weighted by Crippen LogP contribution is -2.32. The lowest BCUT2D eigenvalue weighted by molar-refractivity contribution is 0.124. The second-order valence-corrected chi connectivity index (χ2v) is 4.37. The molecule has 102 valence electrons. The van der Waals surface area contributed by atoms with Crippen LogP contribution in [-0.2, 0) is 4.74 Å². The van der Waals surface area contributed by atoms with Gasteiger partial charge in [-0.1, -0.05) is 6.07 Å². The Kier molecular flexibility index (Phi) is 5.95. The second-order valence-electron chi connectivity index (χ2n) is 4.37. The van der Waals surface area contributed by atoms with Crippen molar-refractivity contribution in [1.29, 1.82) is 0 Å². The molecule has 4 nitrogen and oxygen atoms in total. The van der Waals surface area contributed by atoms with E-state index in [2.05, 4.69) is 12.2 Å². The van der Waals surface area contributed by atoms with Gasteiger partial charge in [0.1, 0.15) is 11.5 Å². The molecule has 0 aliphatic rings. The van der Waals surface area contributed by atoms with Crippen LogP contribution in [0.4, 0.5) is 0 Å². The molecule has 18 heavy (non-hydrogen) atoms. The number of ether oxygens (including phenoxy) is 2. The fraction of sp³-hybridized carbons (Fsp3) is 0.571. The van der Waals surface area contributed by atoms with E-state index >= 15 is 0 Å². The van der Waals surface area contributed by atoms with Gasteiger partial charge in [-0.25, -0.2) is 0 Å². The Balaban J connectivity index is 2.63. The van der Waals surface area contributed by atoms with Gasteiger partial charge >= 0.3 is 0 Å². The summed E-state index contributed by atoms with van der Waals surface area (Å²) in [4.78, 5) is 0. The molecule has 0 amide bonds. The Morgan fingerprint density at radius 1 is 1.33 bits per heavy atom. The van der Waals surface area contributed by atoms with Crippen molar-refractivity contribution in [2.75, 3.05) is 20.3 Å². The zero-order chi connectivity index (χ0) is 13.5. The monoisotopic (exact) mass is 253 g/mol. The predicted molar refractivity (Wildman–Crippen MR) is 72.2 cm³/mol. The molecule has 0 bridgehead atoms. The largest absolute Gasteiger partial charge is 0.507 e. The minimum atomic E-state index is 0.0614. The summed E-state index contributed by atoms with van der Waals surface area (Å²) < 4.78 is 10.4. The van der Waals surface area contributed by atoms with Gasteiger partial charge in [0.25, 0.3) is 0 Å². The van der Waals surface area contributed by atoms with E-state index < -0.39 is 0 Å². The molecule has 2 atom stereocenters. The summed E-state index contributed by atoms with van der Waals surface area (Å²) in [6, 6.07) is 5.65. The van der Waals surface area contributed by atoms with E-state index in [1.807, 2.05) is 26.0 Å². The molecule has 0 saturated heterocycles. The van der Waals surface area contributed by atoms with Gasteiger partial charge in [-0.05, 0) is 26.8 Å². The maximum atomic E-state index is 9.93. The molecular weight excluding hydrogens is 230 g/mol. The Bertz CT molecular complexity index is 368. The molecule has 1 aromatic rings. The van der Waals surface area contributed by atoms with E-state index in [0.717, 1.165) is 5.56 Å². The average molecular weight is 253 g/mol. The minimum Gasteiger partial charge on any atom is -0.507 e. The first kappa shape index (κ1) is 14.8. The first-order valence-electron chi connectivity index (χ1n) is 6.29. The highest BCUT2D eigenvalue weighted by Crippen LogP contribution is 2.28. The summed E-state index contributed by atoms with van der Waals surface area (Å²) in [5, 5.41) is 13.3. The van der Waals surface area contributed by atoms with Crippen LogP contribution < -0.4 is 10.1 Å². The summed E-state index contributed by atoms with van der Waals surface area (Å²) in [6.07, 6.45) is 0. The first-order valence-corrected chi connectivity index (χ1v) is 6.29. The maximum absolute atomic E-state index is 9.93. The van der Waals surface area contributed by atoms with Crippen LogP contribution in [0.15, 0.2) is 18.2 Å². The first-order chi connectivity index (χ1) is 8.58. The van der Waals surface area contributed by atoms with E-state index in [-0.39, 0.29) is 17.8 Å². The highest BCUT2D eigenvalue weighted by atomic mass is 16.5. The number of methoxy groups -OCH3 is 1. The summed E-state index contributed by atoms with van der Waals surface area (Å²) in [6.45, 7) is 7.44. The number of benzene rings is 1. The summed E-state index contributed by atoms with van der Waals surface area (Å²) in [7, 11) is 1.58. The molecule has 0 fully saturated rings. The lowest BCUT2D eigenvalue weighted by Gasteiger charge is -2.21. The standard InChI is InChI=1S/C14H23NO3/c1-5-18-9-10(2)15-11(3)13-7-6-12(17-4)8-14(13)16/h6-8,10-11,15-16H,5,9H2,1-4H3. The van der Waals surface area contributed by atoms with Crippen LogP contribution in [0.1, 0.15) is 32.4 Å². The topological polar surface area (TPSA) is 50.7 Å². The Hall–Kier alpha value is -1.26. The number of rotatable bonds is 7. The molecular formula is C14H23NO3. The molecule has 1 rings (SSSR count). The summed E-state index contributed by atoms with van der Waals surface area (Å²) in [5.74, 6) is 0.906. The molecule has 0 aliphatic heterocycles. The van der Waals surface area contributed by atoms with Crippen molar-refractivity contribution in [2.45, 2.75) is 32.9 Å². The molecule has 0 aromatic heterocycles. The second kappa shape index (κ2) is 7.24. The molecule has 0 heterocycles. The van der Waals surface area contributed by atoms with Crippen LogP contribution in [-0.4, -0.2) is 31.5 Å². The zero-order valence-corrected chi connectivity index (χ0v) is 11.6. The summed E-state index contributed by atoms with van der Waals surface area (Å²) in [5.41, 5.74) is 0.860. The Morgan fingerprint density at radius 3 is 2.61 bits per heavy atom. The number of phenols is 1. The third-order valence-corrected chi connectivity index (χ3v) is 2.81. The van der Waals surface area contributed by atoms with Crippen molar-refractivity contribution in [3.05, 3.63) is 23.8 Å². The van der Waals surface area contributed by atoms with Gasteiger partial charge in [0, 0.05) is 30.3 Å². The normalized spacial score (nSPS) is 14.2. The van der Waals surface area contributed by atoms with Crippen LogP contribution in [0.25, 0.3) is 0 Å². The van der Waals surface area contributed by atoms with Gasteiger partial charge in [-0.15, -0.1) is 0 Å². The predicted octanol–water partition coefficient (Wildman–Crippen LogP) is 2.48. The number of hydrogen-bond donors (Lipinski definition) is 2. The van der Waals surface area contributed by atoms with E-state index in [4.69, 9.17) is 9.47 Å². The number of phenolic OH excluding ortho intramolecular Hbond substituents is 1. The maximum Gasteiger partial charge on any atom is 0.124 e. The smallest absolute Gasteiger partial charge is 0.124 e. The van der Waals surface area contributed by atoms with E-state index in [0.29, 0.717) is 19.0 Å². The van der Waals surface area contributed by atoms with Crippen LogP contribution in [0.3, 0.4) is 0 Å². The van der Waals surface area contributed by atoms with Gasteiger partial charge < -0.3 is 19.9 Å². The highest BCUT2D eigenvalue weighted by molar-refractivity contribution is 5.41. The van der Waals surface area contributed by atoms with Gasteiger partial charge in [0.2, 0.25) is 0 Å². The van der Waals surface area contributed by atoms with E-state index in [1.54, 1.807) is 13.2 Å². The number of hydrogen-bond acceptors (Lipinski definition) is 4. The third kappa shape index (κ3) is 4.20. The zero-order valence-electron chi connectivity index (χ0n) is 11.6. The third-order valence-electron chi connectivity index (χ3n) is 2.81. The molecule has 0 spiro atoms. The van der Waals surface area contributed by atoms with Crippen molar-refractivity contribution in [1.82, 2.24) is 5.32 Å². The lowest BCUT2D eigenvalue weighted by atomic mass is 10.1.